The van der Waals surface area contributed by atoms with Crippen molar-refractivity contribution < 1.29 is 13.9 Å². The van der Waals surface area contributed by atoms with Gasteiger partial charge in [-0.2, -0.15) is 15.5 Å². The molecule has 0 amide bonds. The first-order valence-electron chi connectivity index (χ1n) is 12.9. The van der Waals surface area contributed by atoms with Crippen molar-refractivity contribution in [2.45, 2.75) is 51.9 Å². The van der Waals surface area contributed by atoms with E-state index < -0.39 is 14.2 Å². The number of aryl methyl sites for hydroxylation is 1. The lowest BCUT2D eigenvalue weighted by Gasteiger charge is -2.21. The van der Waals surface area contributed by atoms with E-state index in [1.54, 1.807) is 33.9 Å². The summed E-state index contributed by atoms with van der Waals surface area (Å²) in [5.74, 6) is 0.174. The average molecular weight is 546 g/mol. The molecule has 0 aliphatic carbocycles. The smallest absolute Gasteiger partial charge is 0.166 e. The van der Waals surface area contributed by atoms with Crippen LogP contribution in [0.4, 0.5) is 10.2 Å². The maximum Gasteiger partial charge on any atom is 0.166 e. The van der Waals surface area contributed by atoms with Crippen LogP contribution in [0.15, 0.2) is 36.7 Å². The van der Waals surface area contributed by atoms with Gasteiger partial charge in [0.15, 0.2) is 11.6 Å². The number of aromatic nitrogens is 5. The third kappa shape index (κ3) is 5.30. The van der Waals surface area contributed by atoms with Crippen LogP contribution in [0.1, 0.15) is 35.5 Å². The number of ether oxygens (including phenoxy) is 2. The molecule has 1 aliphatic heterocycles. The normalized spacial score (nSPS) is 14.7. The Morgan fingerprint density at radius 2 is 2.05 bits per heavy atom. The lowest BCUT2D eigenvalue weighted by Crippen LogP contribution is -2.22. The molecule has 0 radical (unpaired) electrons. The summed E-state index contributed by atoms with van der Waals surface area (Å²) in [5, 5.41) is 19.6. The van der Waals surface area contributed by atoms with Gasteiger partial charge in [0.1, 0.15) is 30.4 Å². The van der Waals surface area contributed by atoms with Gasteiger partial charge in [0.05, 0.1) is 17.6 Å². The summed E-state index contributed by atoms with van der Waals surface area (Å²) in [6.45, 7) is 9.48. The molecule has 11 heteroatoms. The van der Waals surface area contributed by atoms with Gasteiger partial charge in [-0.05, 0) is 37.2 Å². The Balaban J connectivity index is 1.68. The zero-order valence-electron chi connectivity index (χ0n) is 22.8. The van der Waals surface area contributed by atoms with Gasteiger partial charge in [-0.1, -0.05) is 19.6 Å². The molecule has 1 unspecified atom stereocenters. The van der Waals surface area contributed by atoms with E-state index in [1.165, 1.54) is 12.1 Å². The SMILES string of the molecule is CC1Oc2cc(cnc2N)-c2c(nn(COCC[Si](C)(C)C)c2C#N)Cc2cnn(C)c2-c2ccc(F)cc21. The van der Waals surface area contributed by atoms with E-state index >= 15 is 0 Å². The summed E-state index contributed by atoms with van der Waals surface area (Å²) in [7, 11) is 0.578. The highest BCUT2D eigenvalue weighted by Crippen LogP contribution is 2.39. The van der Waals surface area contributed by atoms with Crippen LogP contribution in [-0.2, 0) is 24.9 Å². The van der Waals surface area contributed by atoms with Crippen LogP contribution in [-0.4, -0.2) is 39.2 Å². The standard InChI is InChI=1S/C28H32FN7O2Si/c1-17-22-12-20(29)6-7-21(22)27-19(15-33-35(27)2)10-23-26(18-11-25(38-17)28(31)32-14-18)24(13-30)36(34-23)16-37-8-9-39(3,4)5/h6-7,11-12,14-15,17H,8-10,16H2,1-5H3,(H2,31,32). The van der Waals surface area contributed by atoms with E-state index in [9.17, 15) is 9.65 Å². The van der Waals surface area contributed by atoms with E-state index in [2.05, 4.69) is 35.8 Å². The summed E-state index contributed by atoms with van der Waals surface area (Å²) in [5.41, 5.74) is 11.7. The van der Waals surface area contributed by atoms with Gasteiger partial charge < -0.3 is 15.2 Å². The van der Waals surface area contributed by atoms with Crippen molar-refractivity contribution in [1.82, 2.24) is 24.5 Å². The lowest BCUT2D eigenvalue weighted by molar-refractivity contribution is 0.0777. The van der Waals surface area contributed by atoms with Crippen molar-refractivity contribution in [3.8, 4) is 34.2 Å². The molecule has 5 rings (SSSR count). The molecule has 9 nitrogen and oxygen atoms in total. The Hall–Kier alpha value is -4.01. The molecule has 1 aromatic carbocycles. The highest BCUT2D eigenvalue weighted by molar-refractivity contribution is 6.76. The first-order valence-corrected chi connectivity index (χ1v) is 16.6. The Bertz CT molecular complexity index is 1580. The number of anilines is 1. The first-order chi connectivity index (χ1) is 18.6. The molecule has 202 valence electrons. The van der Waals surface area contributed by atoms with Gasteiger partial charge in [-0.25, -0.2) is 14.1 Å². The highest BCUT2D eigenvalue weighted by Gasteiger charge is 2.27. The van der Waals surface area contributed by atoms with Crippen molar-refractivity contribution in [2.24, 2.45) is 7.05 Å². The van der Waals surface area contributed by atoms with Crippen molar-refractivity contribution in [3.05, 3.63) is 65.0 Å². The fourth-order valence-electron chi connectivity index (χ4n) is 4.84. The van der Waals surface area contributed by atoms with E-state index in [0.29, 0.717) is 46.9 Å². The summed E-state index contributed by atoms with van der Waals surface area (Å²) in [4.78, 5) is 4.36. The summed E-state index contributed by atoms with van der Waals surface area (Å²) in [6, 6.07) is 9.74. The van der Waals surface area contributed by atoms with Crippen LogP contribution in [0.2, 0.25) is 25.7 Å². The molecule has 4 aromatic rings. The van der Waals surface area contributed by atoms with Crippen LogP contribution in [0, 0.1) is 17.1 Å². The fourth-order valence-corrected chi connectivity index (χ4v) is 5.60. The van der Waals surface area contributed by atoms with Crippen molar-refractivity contribution in [1.29, 1.82) is 5.26 Å². The van der Waals surface area contributed by atoms with Crippen LogP contribution in [0.5, 0.6) is 5.75 Å². The molecule has 0 fully saturated rings. The number of rotatable bonds is 5. The number of nitrogens with two attached hydrogens (primary N) is 1. The largest absolute Gasteiger partial charge is 0.482 e. The predicted molar refractivity (Wildman–Crippen MR) is 149 cm³/mol. The Labute approximate surface area is 228 Å². The third-order valence-corrected chi connectivity index (χ3v) is 8.60. The minimum absolute atomic E-state index is 0.158. The molecule has 2 N–H and O–H groups in total. The number of halogens is 1. The first kappa shape index (κ1) is 26.6. The quantitative estimate of drug-likeness (QED) is 0.267. The van der Waals surface area contributed by atoms with Crippen LogP contribution < -0.4 is 10.5 Å². The molecular weight excluding hydrogens is 513 g/mol. The van der Waals surface area contributed by atoms with E-state index in [4.69, 9.17) is 20.3 Å². The third-order valence-electron chi connectivity index (χ3n) is 6.89. The number of hydrogen-bond acceptors (Lipinski definition) is 7. The number of nitriles is 1. The molecule has 0 saturated carbocycles. The van der Waals surface area contributed by atoms with Crippen molar-refractivity contribution in [2.75, 3.05) is 12.3 Å². The topological polar surface area (TPSA) is 117 Å². The number of pyridine rings is 1. The zero-order valence-corrected chi connectivity index (χ0v) is 23.8. The van der Waals surface area contributed by atoms with Crippen molar-refractivity contribution >= 4 is 13.9 Å². The average Bonchev–Trinajstić information content (AvgIpc) is 3.41. The van der Waals surface area contributed by atoms with Crippen molar-refractivity contribution in [3.63, 3.8) is 0 Å². The molecule has 39 heavy (non-hydrogen) atoms. The van der Waals surface area contributed by atoms with Gasteiger partial charge in [-0.3, -0.25) is 4.68 Å². The van der Waals surface area contributed by atoms with Crippen LogP contribution in [0.25, 0.3) is 22.4 Å². The molecule has 4 heterocycles. The monoisotopic (exact) mass is 545 g/mol. The second kappa shape index (κ2) is 10.3. The minimum atomic E-state index is -1.27. The number of nitrogens with zero attached hydrogens (tertiary/aromatic N) is 6. The Morgan fingerprint density at radius 1 is 1.26 bits per heavy atom. The number of benzene rings is 1. The highest BCUT2D eigenvalue weighted by atomic mass is 28.3. The maximum absolute atomic E-state index is 14.4. The van der Waals surface area contributed by atoms with Gasteiger partial charge >= 0.3 is 0 Å². The molecule has 0 spiro atoms. The molecule has 3 aromatic heterocycles. The summed E-state index contributed by atoms with van der Waals surface area (Å²) < 4.78 is 30.0. The number of hydrogen-bond donors (Lipinski definition) is 1. The minimum Gasteiger partial charge on any atom is -0.482 e. The maximum atomic E-state index is 14.4. The molecule has 0 saturated heterocycles. The van der Waals surface area contributed by atoms with Gasteiger partial charge in [0.25, 0.3) is 0 Å². The van der Waals surface area contributed by atoms with Crippen LogP contribution >= 0.6 is 0 Å². The van der Waals surface area contributed by atoms with Crippen LogP contribution in [0.3, 0.4) is 0 Å². The van der Waals surface area contributed by atoms with E-state index in [1.807, 2.05) is 14.0 Å². The predicted octanol–water partition coefficient (Wildman–Crippen LogP) is 5.30. The fraction of sp³-hybridized carbons (Fsp3) is 0.357. The second-order valence-corrected chi connectivity index (χ2v) is 16.7. The Morgan fingerprint density at radius 3 is 2.79 bits per heavy atom. The van der Waals surface area contributed by atoms with Gasteiger partial charge in [0, 0.05) is 62.2 Å². The zero-order chi connectivity index (χ0) is 27.9. The van der Waals surface area contributed by atoms with Gasteiger partial charge in [-0.15, -0.1) is 0 Å². The summed E-state index contributed by atoms with van der Waals surface area (Å²) >= 11 is 0. The van der Waals surface area contributed by atoms with E-state index in [-0.39, 0.29) is 18.4 Å². The lowest BCUT2D eigenvalue weighted by atomic mass is 9.94. The molecule has 1 atom stereocenters. The Kier molecular flexibility index (Phi) is 7.01. The molecule has 2 bridgehead atoms. The second-order valence-electron chi connectivity index (χ2n) is 11.0. The summed E-state index contributed by atoms with van der Waals surface area (Å²) in [6.07, 6.45) is 3.25. The molecular formula is C28H32FN7O2Si. The number of nitrogen functional groups attached to an aromatic ring is 1. The van der Waals surface area contributed by atoms with Gasteiger partial charge in [0.2, 0.25) is 0 Å². The number of fused-ring (bicyclic) bond motifs is 7. The molecule has 1 aliphatic rings. The van der Waals surface area contributed by atoms with E-state index in [0.717, 1.165) is 22.9 Å².